The van der Waals surface area contributed by atoms with Crippen molar-refractivity contribution in [2.24, 2.45) is 0 Å². The first kappa shape index (κ1) is 12.0. The Bertz CT molecular complexity index is 416. The van der Waals surface area contributed by atoms with Crippen LogP contribution in [0.5, 0.6) is 0 Å². The zero-order valence-corrected chi connectivity index (χ0v) is 9.44. The minimum absolute atomic E-state index is 0.148. The number of halogens is 2. The maximum atomic E-state index is 12.4. The van der Waals surface area contributed by atoms with Crippen LogP contribution < -0.4 is 0 Å². The summed E-state index contributed by atoms with van der Waals surface area (Å²) >= 11 is 0. The molecule has 0 amide bonds. The van der Waals surface area contributed by atoms with Crippen LogP contribution in [0, 0.1) is 11.3 Å². The Hall–Kier alpha value is -1.51. The van der Waals surface area contributed by atoms with Crippen molar-refractivity contribution in [2.45, 2.75) is 51.0 Å². The summed E-state index contributed by atoms with van der Waals surface area (Å²) in [5.74, 6) is 0.243. The van der Waals surface area contributed by atoms with Crippen molar-refractivity contribution in [3.8, 4) is 6.07 Å². The molecule has 0 spiro atoms. The molecular formula is C11H14F2N4. The zero-order valence-electron chi connectivity index (χ0n) is 9.44. The fraction of sp³-hybridized carbons (Fsp3) is 0.727. The van der Waals surface area contributed by atoms with Crippen LogP contribution in [0.15, 0.2) is 0 Å². The van der Waals surface area contributed by atoms with Crippen molar-refractivity contribution >= 4 is 0 Å². The fourth-order valence-corrected chi connectivity index (χ4v) is 2.47. The molecule has 1 aromatic heterocycles. The van der Waals surface area contributed by atoms with Gasteiger partial charge in [-0.25, -0.2) is 13.5 Å². The lowest BCUT2D eigenvalue weighted by Gasteiger charge is -2.12. The summed E-state index contributed by atoms with van der Waals surface area (Å²) in [5, 5.41) is 16.3. The molecule has 17 heavy (non-hydrogen) atoms. The minimum Gasteiger partial charge on any atom is -0.243 e. The molecule has 0 aliphatic heterocycles. The summed E-state index contributed by atoms with van der Waals surface area (Å²) in [5.41, 5.74) is 1.32. The van der Waals surface area contributed by atoms with E-state index in [0.717, 1.165) is 31.4 Å². The number of hydrogen-bond donors (Lipinski definition) is 0. The third kappa shape index (κ3) is 2.60. The quantitative estimate of drug-likeness (QED) is 0.811. The molecule has 2 rings (SSSR count). The van der Waals surface area contributed by atoms with Crippen molar-refractivity contribution in [1.29, 1.82) is 5.26 Å². The standard InChI is InChI=1S/C11H14F2N4/c12-10(13)7-17-11(8-3-1-2-4-8)9(5-6-14)15-16-17/h8,10H,1-5,7H2. The fourth-order valence-electron chi connectivity index (χ4n) is 2.47. The van der Waals surface area contributed by atoms with Gasteiger partial charge in [-0.05, 0) is 12.8 Å². The lowest BCUT2D eigenvalue weighted by Crippen LogP contribution is -2.14. The summed E-state index contributed by atoms with van der Waals surface area (Å²) in [6.45, 7) is -0.426. The molecule has 0 atom stereocenters. The number of rotatable bonds is 4. The van der Waals surface area contributed by atoms with E-state index < -0.39 is 13.0 Å². The average molecular weight is 240 g/mol. The molecule has 1 aliphatic carbocycles. The lowest BCUT2D eigenvalue weighted by molar-refractivity contribution is 0.119. The summed E-state index contributed by atoms with van der Waals surface area (Å²) in [6, 6.07) is 2.01. The molecule has 0 unspecified atom stereocenters. The molecule has 0 radical (unpaired) electrons. The smallest absolute Gasteiger partial charge is 0.243 e. The summed E-state index contributed by atoms with van der Waals surface area (Å²) < 4.78 is 26.1. The first-order valence-corrected chi connectivity index (χ1v) is 5.79. The van der Waals surface area contributed by atoms with Gasteiger partial charge >= 0.3 is 0 Å². The molecular weight excluding hydrogens is 226 g/mol. The first-order valence-electron chi connectivity index (χ1n) is 5.79. The van der Waals surface area contributed by atoms with Gasteiger partial charge in [0.25, 0.3) is 6.43 Å². The molecule has 1 aliphatic rings. The van der Waals surface area contributed by atoms with E-state index in [2.05, 4.69) is 10.3 Å². The van der Waals surface area contributed by atoms with E-state index in [4.69, 9.17) is 5.26 Å². The molecule has 4 nitrogen and oxygen atoms in total. The number of nitrogens with zero attached hydrogens (tertiary/aromatic N) is 4. The van der Waals surface area contributed by atoms with E-state index >= 15 is 0 Å². The second kappa shape index (κ2) is 5.21. The van der Waals surface area contributed by atoms with E-state index in [0.29, 0.717) is 5.69 Å². The van der Waals surface area contributed by atoms with Crippen molar-refractivity contribution in [3.63, 3.8) is 0 Å². The highest BCUT2D eigenvalue weighted by Crippen LogP contribution is 2.35. The van der Waals surface area contributed by atoms with Gasteiger partial charge in [-0.15, -0.1) is 5.10 Å². The molecule has 0 bridgehead atoms. The van der Waals surface area contributed by atoms with E-state index in [1.807, 2.05) is 6.07 Å². The highest BCUT2D eigenvalue weighted by molar-refractivity contribution is 5.20. The lowest BCUT2D eigenvalue weighted by atomic mass is 10.0. The molecule has 0 N–H and O–H groups in total. The van der Waals surface area contributed by atoms with Gasteiger partial charge in [0.15, 0.2) is 0 Å². The third-order valence-corrected chi connectivity index (χ3v) is 3.15. The molecule has 6 heteroatoms. The molecule has 0 saturated heterocycles. The van der Waals surface area contributed by atoms with Gasteiger partial charge in [0.2, 0.25) is 0 Å². The highest BCUT2D eigenvalue weighted by Gasteiger charge is 2.26. The number of alkyl halides is 2. The Morgan fingerprint density at radius 3 is 2.71 bits per heavy atom. The van der Waals surface area contributed by atoms with E-state index in [-0.39, 0.29) is 12.3 Å². The molecule has 1 aromatic rings. The van der Waals surface area contributed by atoms with Gasteiger partial charge in [0.05, 0.1) is 18.2 Å². The highest BCUT2D eigenvalue weighted by atomic mass is 19.3. The monoisotopic (exact) mass is 240 g/mol. The van der Waals surface area contributed by atoms with Gasteiger partial charge < -0.3 is 0 Å². The predicted octanol–water partition coefficient (Wildman–Crippen LogP) is 2.27. The second-order valence-corrected chi connectivity index (χ2v) is 4.31. The summed E-state index contributed by atoms with van der Waals surface area (Å²) in [4.78, 5) is 0. The van der Waals surface area contributed by atoms with Gasteiger partial charge in [-0.3, -0.25) is 0 Å². The molecule has 1 fully saturated rings. The molecule has 1 saturated carbocycles. The number of nitriles is 1. The number of hydrogen-bond acceptors (Lipinski definition) is 3. The van der Waals surface area contributed by atoms with Gasteiger partial charge in [-0.1, -0.05) is 18.1 Å². The van der Waals surface area contributed by atoms with Crippen molar-refractivity contribution < 1.29 is 8.78 Å². The zero-order chi connectivity index (χ0) is 12.3. The SMILES string of the molecule is N#CCc1nnn(CC(F)F)c1C1CCCC1. The molecule has 1 heterocycles. The van der Waals surface area contributed by atoms with Gasteiger partial charge in [0, 0.05) is 5.92 Å². The van der Waals surface area contributed by atoms with E-state index in [1.165, 1.54) is 4.68 Å². The van der Waals surface area contributed by atoms with Crippen molar-refractivity contribution in [1.82, 2.24) is 15.0 Å². The Morgan fingerprint density at radius 2 is 2.12 bits per heavy atom. The second-order valence-electron chi connectivity index (χ2n) is 4.31. The summed E-state index contributed by atoms with van der Waals surface area (Å²) in [6.07, 6.45) is 1.89. The van der Waals surface area contributed by atoms with E-state index in [1.54, 1.807) is 0 Å². The Balaban J connectivity index is 2.28. The summed E-state index contributed by atoms with van der Waals surface area (Å²) in [7, 11) is 0. The van der Waals surface area contributed by atoms with Gasteiger partial charge in [0.1, 0.15) is 12.2 Å². The van der Waals surface area contributed by atoms with Gasteiger partial charge in [-0.2, -0.15) is 5.26 Å². The maximum Gasteiger partial charge on any atom is 0.257 e. The van der Waals surface area contributed by atoms with E-state index in [9.17, 15) is 8.78 Å². The van der Waals surface area contributed by atoms with Crippen LogP contribution in [0.2, 0.25) is 0 Å². The van der Waals surface area contributed by atoms with Crippen LogP contribution in [-0.4, -0.2) is 21.4 Å². The third-order valence-electron chi connectivity index (χ3n) is 3.15. The molecule has 0 aromatic carbocycles. The topological polar surface area (TPSA) is 54.5 Å². The minimum atomic E-state index is -2.44. The van der Waals surface area contributed by atoms with Crippen molar-refractivity contribution in [3.05, 3.63) is 11.4 Å². The number of aromatic nitrogens is 3. The normalized spacial score (nSPS) is 16.6. The van der Waals surface area contributed by atoms with Crippen LogP contribution in [0.4, 0.5) is 8.78 Å². The van der Waals surface area contributed by atoms with Crippen LogP contribution in [-0.2, 0) is 13.0 Å². The Labute approximate surface area is 98.2 Å². The van der Waals surface area contributed by atoms with Crippen LogP contribution in [0.3, 0.4) is 0 Å². The Morgan fingerprint density at radius 1 is 1.41 bits per heavy atom. The average Bonchev–Trinajstić information content (AvgIpc) is 2.87. The molecule has 92 valence electrons. The first-order chi connectivity index (χ1) is 8.22. The van der Waals surface area contributed by atoms with Crippen molar-refractivity contribution in [2.75, 3.05) is 0 Å². The van der Waals surface area contributed by atoms with Crippen LogP contribution >= 0.6 is 0 Å². The van der Waals surface area contributed by atoms with Crippen LogP contribution in [0.25, 0.3) is 0 Å². The predicted molar refractivity (Wildman–Crippen MR) is 56.6 cm³/mol. The van der Waals surface area contributed by atoms with Crippen LogP contribution in [0.1, 0.15) is 43.0 Å². The Kier molecular flexibility index (Phi) is 3.67. The largest absolute Gasteiger partial charge is 0.257 e. The maximum absolute atomic E-state index is 12.4.